The first-order valence-electron chi connectivity index (χ1n) is 6.36. The van der Waals surface area contributed by atoms with Gasteiger partial charge in [0.2, 0.25) is 0 Å². The van der Waals surface area contributed by atoms with Crippen LogP contribution in [0, 0.1) is 0 Å². The fraction of sp³-hybridized carbons (Fsp3) is 1.00. The van der Waals surface area contributed by atoms with E-state index >= 15 is 0 Å². The van der Waals surface area contributed by atoms with Gasteiger partial charge in [-0.15, -0.1) is 0 Å². The van der Waals surface area contributed by atoms with Gasteiger partial charge >= 0.3 is 0 Å². The lowest BCUT2D eigenvalue weighted by Gasteiger charge is -2.35. The normalized spacial score (nSPS) is 14.7. The molecule has 0 saturated heterocycles. The van der Waals surface area contributed by atoms with Crippen molar-refractivity contribution in [3.63, 3.8) is 0 Å². The van der Waals surface area contributed by atoms with Crippen molar-refractivity contribution in [2.45, 2.75) is 41.8 Å². The highest BCUT2D eigenvalue weighted by Gasteiger charge is 2.63. The lowest BCUT2D eigenvalue weighted by molar-refractivity contribution is 0.572. The number of sulfone groups is 3. The van der Waals surface area contributed by atoms with Crippen molar-refractivity contribution in [3.8, 4) is 0 Å². The van der Waals surface area contributed by atoms with Gasteiger partial charge in [-0.3, -0.25) is 0 Å². The van der Waals surface area contributed by atoms with E-state index in [1.54, 1.807) is 13.8 Å². The summed E-state index contributed by atoms with van der Waals surface area (Å²) in [7, 11) is -15.5. The second-order valence-electron chi connectivity index (χ2n) is 5.19. The highest BCUT2D eigenvalue weighted by atomic mass is 32.3. The monoisotopic (exact) mass is 364 g/mol. The van der Waals surface area contributed by atoms with E-state index in [0.29, 0.717) is 24.9 Å². The largest absolute Gasteiger partial charge is 0.253 e. The van der Waals surface area contributed by atoms with Gasteiger partial charge < -0.3 is 0 Å². The van der Waals surface area contributed by atoms with Crippen LogP contribution in [0.5, 0.6) is 0 Å². The van der Waals surface area contributed by atoms with Crippen LogP contribution in [0.1, 0.15) is 26.7 Å². The zero-order chi connectivity index (χ0) is 16.4. The quantitative estimate of drug-likeness (QED) is 0.576. The molecule has 0 radical (unpaired) electrons. The number of rotatable bonds is 8. The van der Waals surface area contributed by atoms with Gasteiger partial charge in [0, 0.05) is 18.8 Å². The summed E-state index contributed by atoms with van der Waals surface area (Å²) in [5, 5.41) is 0. The Bertz CT molecular complexity index is 548. The predicted octanol–water partition coefficient (Wildman–Crippen LogP) is 0.360. The Balaban J connectivity index is 6.77. The molecule has 0 aromatic rings. The van der Waals surface area contributed by atoms with E-state index in [1.165, 1.54) is 0 Å². The topological polar surface area (TPSA) is 102 Å². The maximum absolute atomic E-state index is 12.2. The summed E-state index contributed by atoms with van der Waals surface area (Å²) in [5.41, 5.74) is 0. The SMILES string of the molecule is CCC[SiH](CCC)C(S(C)(=O)=O)(S(C)(=O)=O)S(C)(=O)=O. The van der Waals surface area contributed by atoms with Gasteiger partial charge in [-0.1, -0.05) is 38.8 Å². The summed E-state index contributed by atoms with van der Waals surface area (Å²) >= 11 is 0. The fourth-order valence-electron chi connectivity index (χ4n) is 2.93. The summed E-state index contributed by atoms with van der Waals surface area (Å²) in [5.74, 6) is 0. The lowest BCUT2D eigenvalue weighted by atomic mass is 10.6. The molecule has 0 fully saturated rings. The molecule has 0 saturated carbocycles. The van der Waals surface area contributed by atoms with Gasteiger partial charge in [0.15, 0.2) is 29.5 Å². The van der Waals surface area contributed by atoms with Gasteiger partial charge in [0.1, 0.15) is 8.80 Å². The Kier molecular flexibility index (Phi) is 6.47. The molecule has 0 aromatic carbocycles. The van der Waals surface area contributed by atoms with Crippen molar-refractivity contribution < 1.29 is 25.3 Å². The molecule has 122 valence electrons. The standard InChI is InChI=1S/C10H24O6S3Si/c1-6-8-20(9-7-2)10(17(3,11)12,18(4,13)14)19(5,15)16/h20H,6-9H2,1-5H3. The minimum atomic E-state index is -4.30. The van der Waals surface area contributed by atoms with E-state index in [1.807, 2.05) is 0 Å². The van der Waals surface area contributed by atoms with Crippen LogP contribution in [0.4, 0.5) is 0 Å². The molecule has 10 heteroatoms. The molecule has 6 nitrogen and oxygen atoms in total. The van der Waals surface area contributed by atoms with Gasteiger partial charge in [0.05, 0.1) is 0 Å². The molecule has 0 rings (SSSR count). The minimum Gasteiger partial charge on any atom is -0.227 e. The third-order valence-electron chi connectivity index (χ3n) is 3.32. The Morgan fingerprint density at radius 3 is 1.10 bits per heavy atom. The van der Waals surface area contributed by atoms with Gasteiger partial charge in [-0.2, -0.15) is 0 Å². The van der Waals surface area contributed by atoms with E-state index < -0.39 is 41.3 Å². The van der Waals surface area contributed by atoms with Crippen molar-refractivity contribution in [3.05, 3.63) is 0 Å². The summed E-state index contributed by atoms with van der Waals surface area (Å²) in [6.45, 7) is 3.60. The van der Waals surface area contributed by atoms with E-state index in [0.717, 1.165) is 18.8 Å². The van der Waals surface area contributed by atoms with Gasteiger partial charge in [-0.25, -0.2) is 25.3 Å². The van der Waals surface area contributed by atoms with Crippen LogP contribution in [0.15, 0.2) is 0 Å². The molecule has 0 bridgehead atoms. The van der Waals surface area contributed by atoms with Crippen molar-refractivity contribution in [2.75, 3.05) is 18.8 Å². The smallest absolute Gasteiger partial charge is 0.227 e. The zero-order valence-corrected chi connectivity index (χ0v) is 16.2. The number of hydrogen-bond acceptors (Lipinski definition) is 6. The van der Waals surface area contributed by atoms with E-state index in [9.17, 15) is 25.3 Å². The first kappa shape index (κ1) is 20.1. The van der Waals surface area contributed by atoms with Crippen LogP contribution >= 0.6 is 0 Å². The molecule has 0 aliphatic heterocycles. The average Bonchev–Trinajstić information content (AvgIpc) is 2.11. The summed E-state index contributed by atoms with van der Waals surface area (Å²) in [6, 6.07) is 0.724. The molecule has 0 aromatic heterocycles. The summed E-state index contributed by atoms with van der Waals surface area (Å²) < 4.78 is 70.7. The molecule has 0 unspecified atom stereocenters. The van der Waals surface area contributed by atoms with Crippen molar-refractivity contribution in [1.82, 2.24) is 0 Å². The second kappa shape index (κ2) is 6.45. The van der Waals surface area contributed by atoms with E-state index in [2.05, 4.69) is 0 Å². The Hall–Kier alpha value is 0.0669. The molecule has 0 aliphatic carbocycles. The number of hydrogen-bond donors (Lipinski definition) is 0. The minimum absolute atomic E-state index is 0.362. The third-order valence-corrected chi connectivity index (χ3v) is 22.3. The molecule has 0 atom stereocenters. The van der Waals surface area contributed by atoms with Crippen LogP contribution in [-0.4, -0.2) is 55.9 Å². The molecule has 0 spiro atoms. The second-order valence-corrected chi connectivity index (χ2v) is 17.2. The molecule has 20 heavy (non-hydrogen) atoms. The van der Waals surface area contributed by atoms with Crippen molar-refractivity contribution in [2.24, 2.45) is 0 Å². The highest BCUT2D eigenvalue weighted by Crippen LogP contribution is 2.37. The first-order valence-corrected chi connectivity index (χ1v) is 14.2. The highest BCUT2D eigenvalue weighted by molar-refractivity contribution is 8.28. The molecular weight excluding hydrogens is 340 g/mol. The van der Waals surface area contributed by atoms with Crippen LogP contribution in [-0.2, 0) is 29.5 Å². The first-order chi connectivity index (χ1) is 8.77. The summed E-state index contributed by atoms with van der Waals surface area (Å²) in [4.78, 5) is 0. The maximum atomic E-state index is 12.2. The Labute approximate surface area is 124 Å². The van der Waals surface area contributed by atoms with Crippen LogP contribution in [0.2, 0.25) is 12.1 Å². The van der Waals surface area contributed by atoms with Gasteiger partial charge in [0.25, 0.3) is 3.03 Å². The molecular formula is C10H24O6S3Si. The molecule has 0 aliphatic rings. The maximum Gasteiger partial charge on any atom is 0.253 e. The predicted molar refractivity (Wildman–Crippen MR) is 84.6 cm³/mol. The van der Waals surface area contributed by atoms with E-state index in [4.69, 9.17) is 0 Å². The van der Waals surface area contributed by atoms with Crippen molar-refractivity contribution >= 4 is 38.3 Å². The third kappa shape index (κ3) is 3.45. The average molecular weight is 365 g/mol. The van der Waals surface area contributed by atoms with Crippen LogP contribution in [0.25, 0.3) is 0 Å². The lowest BCUT2D eigenvalue weighted by Crippen LogP contribution is -2.62. The molecule has 0 heterocycles. The van der Waals surface area contributed by atoms with Crippen LogP contribution in [0.3, 0.4) is 0 Å². The fourth-order valence-corrected chi connectivity index (χ4v) is 21.3. The summed E-state index contributed by atoms with van der Waals surface area (Å²) in [6.07, 6.45) is 3.31. The van der Waals surface area contributed by atoms with Crippen LogP contribution < -0.4 is 0 Å². The van der Waals surface area contributed by atoms with Gasteiger partial charge in [-0.05, 0) is 0 Å². The molecule has 0 amide bonds. The van der Waals surface area contributed by atoms with E-state index in [-0.39, 0.29) is 0 Å². The Morgan fingerprint density at radius 2 is 0.950 bits per heavy atom. The Morgan fingerprint density at radius 1 is 0.700 bits per heavy atom. The zero-order valence-electron chi connectivity index (χ0n) is 12.6. The van der Waals surface area contributed by atoms with Crippen molar-refractivity contribution in [1.29, 1.82) is 0 Å². The molecule has 0 N–H and O–H groups in total.